The Morgan fingerprint density at radius 3 is 2.76 bits per heavy atom. The van der Waals surface area contributed by atoms with Crippen molar-refractivity contribution in [2.24, 2.45) is 0 Å². The number of ether oxygens (including phenoxy) is 1. The van der Waals surface area contributed by atoms with Crippen LogP contribution in [0.5, 0.6) is 5.75 Å². The maximum atomic E-state index is 12.9. The van der Waals surface area contributed by atoms with E-state index in [4.69, 9.17) is 4.74 Å². The van der Waals surface area contributed by atoms with Crippen LogP contribution in [0.25, 0.3) is 0 Å². The average Bonchev–Trinajstić information content (AvgIpc) is 3.18. The van der Waals surface area contributed by atoms with Gasteiger partial charge in [0, 0.05) is 61.6 Å². The van der Waals surface area contributed by atoms with Crippen molar-refractivity contribution in [3.8, 4) is 5.75 Å². The summed E-state index contributed by atoms with van der Waals surface area (Å²) in [6.45, 7) is 6.48. The quantitative estimate of drug-likeness (QED) is 0.626. The third kappa shape index (κ3) is 5.19. The number of aromatic nitrogens is 2. The Hall–Kier alpha value is -2.77. The number of rotatable bonds is 6. The fourth-order valence-electron chi connectivity index (χ4n) is 3.37. The molecule has 1 aliphatic heterocycles. The number of nitrogens with zero attached hydrogens (tertiary/aromatic N) is 4. The van der Waals surface area contributed by atoms with Crippen molar-refractivity contribution >= 4 is 17.2 Å². The molecule has 1 fully saturated rings. The predicted molar refractivity (Wildman–Crippen MR) is 113 cm³/mol. The minimum Gasteiger partial charge on any atom is -0.489 e. The van der Waals surface area contributed by atoms with Crippen LogP contribution in [0, 0.1) is 6.92 Å². The van der Waals surface area contributed by atoms with E-state index in [2.05, 4.69) is 20.2 Å². The Morgan fingerprint density at radius 1 is 1.17 bits per heavy atom. The lowest BCUT2D eigenvalue weighted by molar-refractivity contribution is 0.0627. The largest absolute Gasteiger partial charge is 0.489 e. The first-order chi connectivity index (χ1) is 14.2. The van der Waals surface area contributed by atoms with E-state index in [9.17, 15) is 4.79 Å². The van der Waals surface area contributed by atoms with Crippen LogP contribution in [0.4, 0.5) is 0 Å². The van der Waals surface area contributed by atoms with Crippen LogP contribution in [-0.4, -0.2) is 51.9 Å². The molecule has 4 rings (SSSR count). The lowest BCUT2D eigenvalue weighted by Crippen LogP contribution is -2.48. The van der Waals surface area contributed by atoms with E-state index in [1.54, 1.807) is 23.7 Å². The zero-order chi connectivity index (χ0) is 20.1. The first kappa shape index (κ1) is 19.5. The van der Waals surface area contributed by atoms with Crippen LogP contribution < -0.4 is 4.74 Å². The van der Waals surface area contributed by atoms with Crippen LogP contribution in [0.15, 0.2) is 54.2 Å². The van der Waals surface area contributed by atoms with E-state index >= 15 is 0 Å². The molecule has 0 spiro atoms. The highest BCUT2D eigenvalue weighted by atomic mass is 32.1. The summed E-state index contributed by atoms with van der Waals surface area (Å²) < 4.78 is 5.83. The first-order valence-corrected chi connectivity index (χ1v) is 10.6. The molecule has 0 atom stereocenters. The van der Waals surface area contributed by atoms with E-state index in [1.807, 2.05) is 48.2 Å². The standard InChI is InChI=1S/C22H24N4O2S/c1-17-24-20(16-29-17)14-25-8-10-26(11-9-25)22(27)19-5-2-6-21(12-19)28-15-18-4-3-7-23-13-18/h2-7,12-13,16H,8-11,14-15H2,1H3. The van der Waals surface area contributed by atoms with Crippen LogP contribution in [0.1, 0.15) is 26.6 Å². The summed E-state index contributed by atoms with van der Waals surface area (Å²) in [5, 5.41) is 3.21. The number of piperazine rings is 1. The molecule has 0 radical (unpaired) electrons. The van der Waals surface area contributed by atoms with Crippen molar-refractivity contribution < 1.29 is 9.53 Å². The van der Waals surface area contributed by atoms with E-state index in [-0.39, 0.29) is 5.91 Å². The molecule has 1 aliphatic rings. The monoisotopic (exact) mass is 408 g/mol. The molecule has 0 aliphatic carbocycles. The summed E-state index contributed by atoms with van der Waals surface area (Å²) in [6, 6.07) is 11.3. The van der Waals surface area contributed by atoms with Gasteiger partial charge in [0.25, 0.3) is 5.91 Å². The summed E-state index contributed by atoms with van der Waals surface area (Å²) in [6.07, 6.45) is 3.52. The maximum Gasteiger partial charge on any atom is 0.254 e. The lowest BCUT2D eigenvalue weighted by atomic mass is 10.1. The van der Waals surface area contributed by atoms with Crippen LogP contribution in [-0.2, 0) is 13.2 Å². The van der Waals surface area contributed by atoms with Crippen molar-refractivity contribution in [1.29, 1.82) is 0 Å². The Morgan fingerprint density at radius 2 is 2.03 bits per heavy atom. The zero-order valence-electron chi connectivity index (χ0n) is 16.5. The molecule has 0 unspecified atom stereocenters. The molecule has 0 saturated carbocycles. The normalized spacial score (nSPS) is 14.7. The molecule has 29 heavy (non-hydrogen) atoms. The molecule has 7 heteroatoms. The Kier molecular flexibility index (Phi) is 6.17. The summed E-state index contributed by atoms with van der Waals surface area (Å²) >= 11 is 1.68. The summed E-state index contributed by atoms with van der Waals surface area (Å²) in [4.78, 5) is 25.8. The van der Waals surface area contributed by atoms with Gasteiger partial charge in [-0.1, -0.05) is 12.1 Å². The van der Waals surface area contributed by atoms with E-state index in [0.717, 1.165) is 49.0 Å². The summed E-state index contributed by atoms with van der Waals surface area (Å²) in [7, 11) is 0. The molecule has 1 aromatic carbocycles. The summed E-state index contributed by atoms with van der Waals surface area (Å²) in [5.74, 6) is 0.748. The fraction of sp³-hybridized carbons (Fsp3) is 0.318. The number of thiazole rings is 1. The Bertz CT molecular complexity index is 952. The van der Waals surface area contributed by atoms with Gasteiger partial charge in [-0.05, 0) is 31.2 Å². The second-order valence-electron chi connectivity index (χ2n) is 7.10. The number of hydrogen-bond acceptors (Lipinski definition) is 6. The molecule has 0 N–H and O–H groups in total. The molecule has 1 saturated heterocycles. The topological polar surface area (TPSA) is 58.6 Å². The van der Waals surface area contributed by atoms with Crippen molar-refractivity contribution in [1.82, 2.24) is 19.8 Å². The van der Waals surface area contributed by atoms with Gasteiger partial charge in [-0.3, -0.25) is 14.7 Å². The third-order valence-electron chi connectivity index (χ3n) is 4.92. The van der Waals surface area contributed by atoms with Gasteiger partial charge in [0.2, 0.25) is 0 Å². The van der Waals surface area contributed by atoms with Crippen LogP contribution in [0.3, 0.4) is 0 Å². The maximum absolute atomic E-state index is 12.9. The molecule has 6 nitrogen and oxygen atoms in total. The number of carbonyl (C=O) groups is 1. The van der Waals surface area contributed by atoms with Gasteiger partial charge < -0.3 is 9.64 Å². The SMILES string of the molecule is Cc1nc(CN2CCN(C(=O)c3cccc(OCc4cccnc4)c3)CC2)cs1. The predicted octanol–water partition coefficient (Wildman–Crippen LogP) is 3.38. The van der Waals surface area contributed by atoms with Gasteiger partial charge in [0.15, 0.2) is 0 Å². The number of carbonyl (C=O) groups excluding carboxylic acids is 1. The van der Waals surface area contributed by atoms with Gasteiger partial charge in [0.1, 0.15) is 12.4 Å². The van der Waals surface area contributed by atoms with Gasteiger partial charge in [-0.15, -0.1) is 11.3 Å². The van der Waals surface area contributed by atoms with Gasteiger partial charge >= 0.3 is 0 Å². The molecular formula is C22H24N4O2S. The average molecular weight is 409 g/mol. The van der Waals surface area contributed by atoms with Crippen LogP contribution >= 0.6 is 11.3 Å². The summed E-state index contributed by atoms with van der Waals surface area (Å²) in [5.41, 5.74) is 2.78. The molecule has 2 aromatic heterocycles. The van der Waals surface area contributed by atoms with Crippen molar-refractivity contribution in [2.45, 2.75) is 20.1 Å². The third-order valence-corrected chi connectivity index (χ3v) is 5.74. The highest BCUT2D eigenvalue weighted by Gasteiger charge is 2.22. The molecule has 3 aromatic rings. The highest BCUT2D eigenvalue weighted by Crippen LogP contribution is 2.18. The number of pyridine rings is 1. The number of hydrogen-bond donors (Lipinski definition) is 0. The molecule has 3 heterocycles. The van der Waals surface area contributed by atoms with Crippen molar-refractivity contribution in [3.05, 3.63) is 76.0 Å². The number of aryl methyl sites for hydroxylation is 1. The van der Waals surface area contributed by atoms with E-state index in [1.165, 1.54) is 0 Å². The second-order valence-corrected chi connectivity index (χ2v) is 8.17. The second kappa shape index (κ2) is 9.15. The minimum absolute atomic E-state index is 0.0565. The van der Waals surface area contributed by atoms with Crippen LogP contribution in [0.2, 0.25) is 0 Å². The number of amides is 1. The first-order valence-electron chi connectivity index (χ1n) is 9.72. The minimum atomic E-state index is 0.0565. The van der Waals surface area contributed by atoms with E-state index < -0.39 is 0 Å². The lowest BCUT2D eigenvalue weighted by Gasteiger charge is -2.34. The van der Waals surface area contributed by atoms with E-state index in [0.29, 0.717) is 17.9 Å². The Labute approximate surface area is 174 Å². The number of benzene rings is 1. The highest BCUT2D eigenvalue weighted by molar-refractivity contribution is 7.09. The smallest absolute Gasteiger partial charge is 0.254 e. The van der Waals surface area contributed by atoms with Gasteiger partial charge in [-0.25, -0.2) is 4.98 Å². The fourth-order valence-corrected chi connectivity index (χ4v) is 3.97. The van der Waals surface area contributed by atoms with Gasteiger partial charge in [0.05, 0.1) is 10.7 Å². The van der Waals surface area contributed by atoms with Crippen molar-refractivity contribution in [2.75, 3.05) is 26.2 Å². The molecular weight excluding hydrogens is 384 g/mol. The zero-order valence-corrected chi connectivity index (χ0v) is 17.3. The molecule has 1 amide bonds. The Balaban J connectivity index is 1.31. The molecule has 0 bridgehead atoms. The molecule has 150 valence electrons. The van der Waals surface area contributed by atoms with Gasteiger partial charge in [-0.2, -0.15) is 0 Å². The van der Waals surface area contributed by atoms with Crippen molar-refractivity contribution in [3.63, 3.8) is 0 Å².